The largest absolute Gasteiger partial charge is 0.491 e. The number of aryl methyl sites for hydroxylation is 1. The van der Waals surface area contributed by atoms with Gasteiger partial charge in [-0.05, 0) is 85.5 Å². The Morgan fingerprint density at radius 2 is 1.40 bits per heavy atom. The van der Waals surface area contributed by atoms with Gasteiger partial charge in [0.15, 0.2) is 0 Å². The Balaban J connectivity index is 1.13. The number of amides is 3. The first-order valence-electron chi connectivity index (χ1n) is 15.5. The van der Waals surface area contributed by atoms with Crippen molar-refractivity contribution in [3.63, 3.8) is 0 Å². The number of hydrogen-bond acceptors (Lipinski definition) is 5. The SMILES string of the molecule is Cc1ccc(-c2ccccc2C(=O)Nc2ccc(C(=O)N(C)c3ccccc3OCCCCNC(=O)Oc3ccccc3)cc2)cc1. The molecule has 0 aromatic heterocycles. The molecule has 2 N–H and O–H groups in total. The van der Waals surface area contributed by atoms with E-state index in [-0.39, 0.29) is 11.8 Å². The summed E-state index contributed by atoms with van der Waals surface area (Å²) in [5.41, 5.74) is 5.21. The summed E-state index contributed by atoms with van der Waals surface area (Å²) in [7, 11) is 1.70. The Kier molecular flexibility index (Phi) is 11.0. The van der Waals surface area contributed by atoms with Gasteiger partial charge in [0.2, 0.25) is 0 Å². The van der Waals surface area contributed by atoms with Gasteiger partial charge in [0.05, 0.1) is 12.3 Å². The summed E-state index contributed by atoms with van der Waals surface area (Å²) in [6, 6.07) is 38.6. The Hall–Kier alpha value is -5.89. The van der Waals surface area contributed by atoms with Crippen molar-refractivity contribution in [1.29, 1.82) is 0 Å². The topological polar surface area (TPSA) is 97.0 Å². The van der Waals surface area contributed by atoms with Gasteiger partial charge in [0.1, 0.15) is 11.5 Å². The third-order valence-corrected chi connectivity index (χ3v) is 7.51. The van der Waals surface area contributed by atoms with E-state index in [0.717, 1.165) is 16.7 Å². The lowest BCUT2D eigenvalue weighted by atomic mass is 9.98. The summed E-state index contributed by atoms with van der Waals surface area (Å²) < 4.78 is 11.2. The predicted molar refractivity (Wildman–Crippen MR) is 185 cm³/mol. The lowest BCUT2D eigenvalue weighted by molar-refractivity contribution is 0.0990. The van der Waals surface area contributed by atoms with E-state index in [2.05, 4.69) is 10.6 Å². The van der Waals surface area contributed by atoms with Crippen molar-refractivity contribution in [3.05, 3.63) is 144 Å². The maximum atomic E-state index is 13.4. The fraction of sp³-hybridized carbons (Fsp3) is 0.154. The van der Waals surface area contributed by atoms with Crippen LogP contribution < -0.4 is 25.0 Å². The van der Waals surface area contributed by atoms with Crippen LogP contribution in [0.15, 0.2) is 127 Å². The number of anilines is 2. The summed E-state index contributed by atoms with van der Waals surface area (Å²) in [5, 5.41) is 5.69. The fourth-order valence-corrected chi connectivity index (χ4v) is 4.95. The van der Waals surface area contributed by atoms with E-state index in [1.165, 1.54) is 0 Å². The Bertz CT molecular complexity index is 1810. The highest BCUT2D eigenvalue weighted by molar-refractivity contribution is 6.09. The van der Waals surface area contributed by atoms with Crippen LogP contribution in [0.1, 0.15) is 39.1 Å². The van der Waals surface area contributed by atoms with Gasteiger partial charge in [-0.2, -0.15) is 0 Å². The second-order valence-electron chi connectivity index (χ2n) is 11.0. The molecule has 0 unspecified atom stereocenters. The number of ether oxygens (including phenoxy) is 2. The highest BCUT2D eigenvalue weighted by atomic mass is 16.6. The first kappa shape index (κ1) is 32.5. The second kappa shape index (κ2) is 15.9. The number of unbranched alkanes of at least 4 members (excludes halogenated alkanes) is 1. The summed E-state index contributed by atoms with van der Waals surface area (Å²) in [6.45, 7) is 2.89. The van der Waals surface area contributed by atoms with Crippen LogP contribution >= 0.6 is 0 Å². The third-order valence-electron chi connectivity index (χ3n) is 7.51. The number of nitrogens with zero attached hydrogens (tertiary/aromatic N) is 1. The maximum absolute atomic E-state index is 13.4. The molecule has 8 nitrogen and oxygen atoms in total. The molecule has 0 aliphatic rings. The minimum absolute atomic E-state index is 0.218. The van der Waals surface area contributed by atoms with Crippen LogP contribution in [-0.4, -0.2) is 38.1 Å². The molecule has 5 aromatic carbocycles. The van der Waals surface area contributed by atoms with Crippen LogP contribution in [0.3, 0.4) is 0 Å². The molecular formula is C39H37N3O5. The quantitative estimate of drug-likeness (QED) is 0.136. The minimum atomic E-state index is -0.499. The molecule has 0 saturated carbocycles. The van der Waals surface area contributed by atoms with Crippen LogP contribution in [0.4, 0.5) is 16.2 Å². The Morgan fingerprint density at radius 1 is 0.723 bits per heavy atom. The summed E-state index contributed by atoms with van der Waals surface area (Å²) in [6.07, 6.45) is 0.892. The van der Waals surface area contributed by atoms with Crippen molar-refractivity contribution >= 4 is 29.3 Å². The zero-order valence-electron chi connectivity index (χ0n) is 26.4. The van der Waals surface area contributed by atoms with Crippen molar-refractivity contribution in [2.75, 3.05) is 30.4 Å². The molecule has 238 valence electrons. The first-order chi connectivity index (χ1) is 22.9. The van der Waals surface area contributed by atoms with Gasteiger partial charge < -0.3 is 25.0 Å². The van der Waals surface area contributed by atoms with Crippen molar-refractivity contribution < 1.29 is 23.9 Å². The highest BCUT2D eigenvalue weighted by Gasteiger charge is 2.18. The fourth-order valence-electron chi connectivity index (χ4n) is 4.95. The van der Waals surface area contributed by atoms with E-state index in [0.29, 0.717) is 60.0 Å². The number of nitrogens with one attached hydrogen (secondary N) is 2. The molecule has 47 heavy (non-hydrogen) atoms. The van der Waals surface area contributed by atoms with Gasteiger partial charge in [-0.1, -0.05) is 78.4 Å². The van der Waals surface area contributed by atoms with E-state index < -0.39 is 6.09 Å². The smallest absolute Gasteiger partial charge is 0.412 e. The standard InChI is InChI=1S/C39H37N3O5/c1-28-18-20-29(21-19-28)33-14-6-7-15-34(33)37(43)41-31-24-22-30(23-25-31)38(44)42(2)35-16-8-9-17-36(35)46-27-11-10-26-40-39(45)47-32-12-4-3-5-13-32/h3-9,12-25H,10-11,26-27H2,1-2H3,(H,40,45)(H,41,43). The molecule has 0 aliphatic heterocycles. The molecule has 5 rings (SSSR count). The molecule has 0 spiro atoms. The normalized spacial score (nSPS) is 10.5. The molecule has 0 saturated heterocycles. The predicted octanol–water partition coefficient (Wildman–Crippen LogP) is 8.14. The molecule has 0 radical (unpaired) electrons. The second-order valence-corrected chi connectivity index (χ2v) is 11.0. The highest BCUT2D eigenvalue weighted by Crippen LogP contribution is 2.29. The summed E-state index contributed by atoms with van der Waals surface area (Å²) in [5.74, 6) is 0.620. The van der Waals surface area contributed by atoms with Gasteiger partial charge in [-0.15, -0.1) is 0 Å². The van der Waals surface area contributed by atoms with Crippen molar-refractivity contribution in [3.8, 4) is 22.6 Å². The van der Waals surface area contributed by atoms with E-state index in [4.69, 9.17) is 9.47 Å². The van der Waals surface area contributed by atoms with Crippen molar-refractivity contribution in [2.45, 2.75) is 19.8 Å². The van der Waals surface area contributed by atoms with E-state index >= 15 is 0 Å². The summed E-state index contributed by atoms with van der Waals surface area (Å²) in [4.78, 5) is 40.1. The van der Waals surface area contributed by atoms with E-state index in [1.54, 1.807) is 66.5 Å². The lowest BCUT2D eigenvalue weighted by Gasteiger charge is -2.21. The molecule has 0 fully saturated rings. The van der Waals surface area contributed by atoms with Crippen LogP contribution in [-0.2, 0) is 0 Å². The molecular weight excluding hydrogens is 590 g/mol. The van der Waals surface area contributed by atoms with E-state index in [1.807, 2.05) is 79.7 Å². The zero-order valence-corrected chi connectivity index (χ0v) is 26.4. The number of rotatable bonds is 12. The Morgan fingerprint density at radius 3 is 2.17 bits per heavy atom. The van der Waals surface area contributed by atoms with Gasteiger partial charge >= 0.3 is 6.09 Å². The zero-order chi connectivity index (χ0) is 33.0. The van der Waals surface area contributed by atoms with Crippen molar-refractivity contribution in [1.82, 2.24) is 5.32 Å². The Labute approximate surface area is 275 Å². The molecule has 0 heterocycles. The number of carbonyl (C=O) groups is 3. The minimum Gasteiger partial charge on any atom is -0.491 e. The average molecular weight is 628 g/mol. The first-order valence-corrected chi connectivity index (χ1v) is 15.5. The number of hydrogen-bond donors (Lipinski definition) is 2. The number of carbonyl (C=O) groups excluding carboxylic acids is 3. The van der Waals surface area contributed by atoms with Crippen LogP contribution in [0, 0.1) is 6.92 Å². The molecule has 8 heteroatoms. The molecule has 3 amide bonds. The summed E-state index contributed by atoms with van der Waals surface area (Å²) >= 11 is 0. The van der Waals surface area contributed by atoms with Gasteiger partial charge in [0, 0.05) is 30.4 Å². The molecule has 0 bridgehead atoms. The number of benzene rings is 5. The molecule has 0 aliphatic carbocycles. The monoisotopic (exact) mass is 627 g/mol. The number of para-hydroxylation sites is 3. The maximum Gasteiger partial charge on any atom is 0.412 e. The van der Waals surface area contributed by atoms with Gasteiger partial charge in [0.25, 0.3) is 11.8 Å². The van der Waals surface area contributed by atoms with Crippen LogP contribution in [0.5, 0.6) is 11.5 Å². The third kappa shape index (κ3) is 8.85. The molecule has 0 atom stereocenters. The van der Waals surface area contributed by atoms with E-state index in [9.17, 15) is 14.4 Å². The lowest BCUT2D eigenvalue weighted by Crippen LogP contribution is -2.28. The average Bonchev–Trinajstić information content (AvgIpc) is 3.10. The van der Waals surface area contributed by atoms with Crippen LogP contribution in [0.25, 0.3) is 11.1 Å². The van der Waals surface area contributed by atoms with Gasteiger partial charge in [-0.3, -0.25) is 9.59 Å². The molecule has 5 aromatic rings. The van der Waals surface area contributed by atoms with Gasteiger partial charge in [-0.25, -0.2) is 4.79 Å². The van der Waals surface area contributed by atoms with Crippen molar-refractivity contribution in [2.24, 2.45) is 0 Å². The van der Waals surface area contributed by atoms with Crippen LogP contribution in [0.2, 0.25) is 0 Å².